The lowest BCUT2D eigenvalue weighted by Crippen LogP contribution is -2.55. The summed E-state index contributed by atoms with van der Waals surface area (Å²) >= 11 is 1.36. The van der Waals surface area contributed by atoms with E-state index in [-0.39, 0.29) is 18.4 Å². The molecule has 148 valence electrons. The first-order valence-corrected chi connectivity index (χ1v) is 10.0. The quantitative estimate of drug-likeness (QED) is 0.684. The van der Waals surface area contributed by atoms with Crippen molar-refractivity contribution in [2.24, 2.45) is 7.05 Å². The molecule has 0 N–H and O–H groups in total. The van der Waals surface area contributed by atoms with Gasteiger partial charge >= 0.3 is 0 Å². The number of nitrogens with zero attached hydrogens (tertiary/aromatic N) is 5. The minimum Gasteiger partial charge on any atom is -0.485 e. The number of aryl methyl sites for hydroxylation is 1. The molecule has 1 saturated heterocycles. The molecule has 1 atom stereocenters. The lowest BCUT2D eigenvalue weighted by Gasteiger charge is -2.37. The third-order valence-corrected chi connectivity index (χ3v) is 5.74. The van der Waals surface area contributed by atoms with Gasteiger partial charge < -0.3 is 23.8 Å². The van der Waals surface area contributed by atoms with Crippen molar-refractivity contribution in [2.75, 3.05) is 38.5 Å². The molecule has 2 aromatic rings. The molecule has 9 nitrogen and oxygen atoms in total. The summed E-state index contributed by atoms with van der Waals surface area (Å²) in [4.78, 5) is 28.7. The summed E-state index contributed by atoms with van der Waals surface area (Å²) in [6.45, 7) is 2.19. The van der Waals surface area contributed by atoms with Crippen molar-refractivity contribution in [3.8, 4) is 11.5 Å². The number of hydrogen-bond acceptors (Lipinski definition) is 7. The predicted molar refractivity (Wildman–Crippen MR) is 101 cm³/mol. The van der Waals surface area contributed by atoms with E-state index in [9.17, 15) is 9.59 Å². The van der Waals surface area contributed by atoms with Crippen LogP contribution in [0.15, 0.2) is 35.7 Å². The molecule has 1 aromatic carbocycles. The van der Waals surface area contributed by atoms with Crippen molar-refractivity contribution in [3.05, 3.63) is 30.6 Å². The minimum absolute atomic E-state index is 0.0336. The number of piperazine rings is 1. The number of benzene rings is 1. The highest BCUT2D eigenvalue weighted by Crippen LogP contribution is 2.31. The second-order valence-electron chi connectivity index (χ2n) is 6.58. The number of hydrogen-bond donors (Lipinski definition) is 0. The van der Waals surface area contributed by atoms with Gasteiger partial charge in [0.1, 0.15) is 12.9 Å². The molecule has 28 heavy (non-hydrogen) atoms. The van der Waals surface area contributed by atoms with Crippen LogP contribution in [0.2, 0.25) is 0 Å². The maximum Gasteiger partial charge on any atom is 0.267 e. The average Bonchev–Trinajstić information content (AvgIpc) is 3.16. The van der Waals surface area contributed by atoms with Gasteiger partial charge in [0.05, 0.1) is 5.75 Å². The van der Waals surface area contributed by atoms with Gasteiger partial charge in [-0.15, -0.1) is 10.2 Å². The number of para-hydroxylation sites is 2. The molecule has 0 aliphatic carbocycles. The molecule has 1 fully saturated rings. The highest BCUT2D eigenvalue weighted by atomic mass is 32.2. The van der Waals surface area contributed by atoms with Crippen LogP contribution in [0, 0.1) is 0 Å². The molecule has 2 amide bonds. The van der Waals surface area contributed by atoms with Crippen molar-refractivity contribution < 1.29 is 19.1 Å². The van der Waals surface area contributed by atoms with Gasteiger partial charge in [0, 0.05) is 33.2 Å². The molecule has 1 aromatic heterocycles. The number of amides is 2. The van der Waals surface area contributed by atoms with E-state index >= 15 is 0 Å². The molecule has 2 aliphatic heterocycles. The fourth-order valence-electron chi connectivity index (χ4n) is 3.14. The predicted octanol–water partition coefficient (Wildman–Crippen LogP) is 0.418. The van der Waals surface area contributed by atoms with Crippen LogP contribution in [-0.4, -0.2) is 81.0 Å². The van der Waals surface area contributed by atoms with Crippen LogP contribution in [-0.2, 0) is 16.6 Å². The molecular formula is C18H21N5O4S. The Balaban J connectivity index is 1.26. The van der Waals surface area contributed by atoms with Crippen LogP contribution >= 0.6 is 11.8 Å². The summed E-state index contributed by atoms with van der Waals surface area (Å²) in [6, 6.07) is 7.32. The average molecular weight is 403 g/mol. The first-order valence-electron chi connectivity index (χ1n) is 9.03. The Bertz CT molecular complexity index is 865. The Labute approximate surface area is 166 Å². The van der Waals surface area contributed by atoms with E-state index in [1.807, 2.05) is 25.2 Å². The van der Waals surface area contributed by atoms with Crippen LogP contribution in [0.5, 0.6) is 11.5 Å². The molecule has 0 bridgehead atoms. The summed E-state index contributed by atoms with van der Waals surface area (Å²) in [7, 11) is 1.84. The van der Waals surface area contributed by atoms with Crippen LogP contribution in [0.25, 0.3) is 0 Å². The zero-order valence-electron chi connectivity index (χ0n) is 15.5. The van der Waals surface area contributed by atoms with E-state index in [1.165, 1.54) is 11.8 Å². The first kappa shape index (κ1) is 18.6. The lowest BCUT2D eigenvalue weighted by atomic mass is 10.2. The van der Waals surface area contributed by atoms with E-state index in [1.54, 1.807) is 26.8 Å². The van der Waals surface area contributed by atoms with Crippen LogP contribution < -0.4 is 9.47 Å². The number of carbonyl (C=O) groups is 2. The summed E-state index contributed by atoms with van der Waals surface area (Å²) < 4.78 is 13.2. The zero-order chi connectivity index (χ0) is 19.5. The number of fused-ring (bicyclic) bond motifs is 1. The second-order valence-corrected chi connectivity index (χ2v) is 7.53. The fraction of sp³-hybridized carbons (Fsp3) is 0.444. The fourth-order valence-corrected chi connectivity index (χ4v) is 3.93. The third kappa shape index (κ3) is 3.91. The highest BCUT2D eigenvalue weighted by Gasteiger charge is 2.33. The SMILES string of the molecule is Cn1cnnc1SCC(=O)N1CCN(C(=O)[C@@H]2COc3ccccc3O2)CC1. The molecule has 10 heteroatoms. The van der Waals surface area contributed by atoms with E-state index in [2.05, 4.69) is 10.2 Å². The van der Waals surface area contributed by atoms with Crippen molar-refractivity contribution in [2.45, 2.75) is 11.3 Å². The van der Waals surface area contributed by atoms with Gasteiger partial charge in [0.25, 0.3) is 5.91 Å². The summed E-state index contributed by atoms with van der Waals surface area (Å²) in [5.74, 6) is 1.47. The molecule has 2 aliphatic rings. The molecule has 4 rings (SSSR count). The molecule has 0 radical (unpaired) electrons. The maximum atomic E-state index is 12.8. The molecular weight excluding hydrogens is 382 g/mol. The lowest BCUT2D eigenvalue weighted by molar-refractivity contribution is -0.145. The van der Waals surface area contributed by atoms with Crippen LogP contribution in [0.1, 0.15) is 0 Å². The van der Waals surface area contributed by atoms with Crippen molar-refractivity contribution in [1.29, 1.82) is 0 Å². The van der Waals surface area contributed by atoms with E-state index < -0.39 is 6.10 Å². The standard InChI is InChI=1S/C18H21N5O4S/c1-21-12-19-20-18(21)28-11-16(24)22-6-8-23(9-7-22)17(25)15-10-26-13-4-2-3-5-14(13)27-15/h2-5,12,15H,6-11H2,1H3/t15-/m0/s1. The third-order valence-electron chi connectivity index (χ3n) is 4.72. The van der Waals surface area contributed by atoms with Crippen LogP contribution in [0.3, 0.4) is 0 Å². The largest absolute Gasteiger partial charge is 0.485 e. The van der Waals surface area contributed by atoms with Crippen molar-refractivity contribution in [3.63, 3.8) is 0 Å². The number of ether oxygens (including phenoxy) is 2. The highest BCUT2D eigenvalue weighted by molar-refractivity contribution is 7.99. The van der Waals surface area contributed by atoms with Crippen molar-refractivity contribution >= 4 is 23.6 Å². The summed E-state index contributed by atoms with van der Waals surface area (Å²) in [6.07, 6.45) is 0.954. The monoisotopic (exact) mass is 403 g/mol. The van der Waals surface area contributed by atoms with Gasteiger partial charge in [0.15, 0.2) is 16.7 Å². The Morgan fingerprint density at radius 3 is 2.57 bits per heavy atom. The topological polar surface area (TPSA) is 89.8 Å². The molecule has 0 saturated carbocycles. The smallest absolute Gasteiger partial charge is 0.267 e. The Hall–Kier alpha value is -2.75. The van der Waals surface area contributed by atoms with Gasteiger partial charge in [-0.25, -0.2) is 0 Å². The number of thioether (sulfide) groups is 1. The van der Waals surface area contributed by atoms with Crippen LogP contribution in [0.4, 0.5) is 0 Å². The second kappa shape index (κ2) is 8.09. The van der Waals surface area contributed by atoms with E-state index in [0.717, 1.165) is 0 Å². The van der Waals surface area contributed by atoms with Gasteiger partial charge in [-0.2, -0.15) is 0 Å². The van der Waals surface area contributed by atoms with Gasteiger partial charge in [-0.05, 0) is 12.1 Å². The normalized spacial score (nSPS) is 18.8. The van der Waals surface area contributed by atoms with E-state index in [0.29, 0.717) is 48.6 Å². The Kier molecular flexibility index (Phi) is 5.38. The number of carbonyl (C=O) groups excluding carboxylic acids is 2. The van der Waals surface area contributed by atoms with E-state index in [4.69, 9.17) is 9.47 Å². The number of rotatable bonds is 4. The summed E-state index contributed by atoms with van der Waals surface area (Å²) in [5, 5.41) is 8.47. The Morgan fingerprint density at radius 2 is 1.86 bits per heavy atom. The molecule has 3 heterocycles. The van der Waals surface area contributed by atoms with Gasteiger partial charge in [-0.1, -0.05) is 23.9 Å². The zero-order valence-corrected chi connectivity index (χ0v) is 16.3. The molecule has 0 spiro atoms. The Morgan fingerprint density at radius 1 is 1.14 bits per heavy atom. The first-order chi connectivity index (χ1) is 13.6. The summed E-state index contributed by atoms with van der Waals surface area (Å²) in [5.41, 5.74) is 0. The maximum absolute atomic E-state index is 12.8. The number of aromatic nitrogens is 3. The van der Waals surface area contributed by atoms with Gasteiger partial charge in [0.2, 0.25) is 12.0 Å². The van der Waals surface area contributed by atoms with Crippen molar-refractivity contribution in [1.82, 2.24) is 24.6 Å². The van der Waals surface area contributed by atoms with Gasteiger partial charge in [-0.3, -0.25) is 9.59 Å². The molecule has 0 unspecified atom stereocenters. The minimum atomic E-state index is -0.649.